The Morgan fingerprint density at radius 3 is 2.50 bits per heavy atom. The van der Waals surface area contributed by atoms with Gasteiger partial charge >= 0.3 is 0 Å². The summed E-state index contributed by atoms with van der Waals surface area (Å²) in [6.07, 6.45) is 6.07. The average molecular weight is 225 g/mol. The smallest absolute Gasteiger partial charge is 0.0804 e. The average Bonchev–Trinajstić information content (AvgIpc) is 2.97. The van der Waals surface area contributed by atoms with E-state index in [4.69, 9.17) is 0 Å². The van der Waals surface area contributed by atoms with E-state index < -0.39 is 5.60 Å². The molecular weight excluding hydrogens is 198 g/mol. The number of nitrogens with one attached hydrogen (secondary N) is 1. The number of hydrogen-bond donors (Lipinski definition) is 2. The first-order valence-electron chi connectivity index (χ1n) is 6.97. The second-order valence-electron chi connectivity index (χ2n) is 6.50. The van der Waals surface area contributed by atoms with Crippen molar-refractivity contribution in [3.8, 4) is 0 Å². The van der Waals surface area contributed by atoms with Gasteiger partial charge in [0, 0.05) is 12.6 Å². The van der Waals surface area contributed by atoms with Crippen molar-refractivity contribution in [3.05, 3.63) is 0 Å². The minimum Gasteiger partial charge on any atom is -0.388 e. The van der Waals surface area contributed by atoms with Crippen LogP contribution >= 0.6 is 0 Å². The summed E-state index contributed by atoms with van der Waals surface area (Å²) >= 11 is 0. The van der Waals surface area contributed by atoms with E-state index in [0.29, 0.717) is 23.8 Å². The lowest BCUT2D eigenvalue weighted by Crippen LogP contribution is -2.52. The molecule has 2 N–H and O–H groups in total. The molecule has 2 heteroatoms. The maximum atomic E-state index is 10.9. The quantitative estimate of drug-likeness (QED) is 0.770. The van der Waals surface area contributed by atoms with Crippen molar-refractivity contribution in [1.82, 2.24) is 5.32 Å². The molecule has 2 nitrogen and oxygen atoms in total. The summed E-state index contributed by atoms with van der Waals surface area (Å²) in [7, 11) is 0. The third kappa shape index (κ3) is 2.78. The first-order valence-corrected chi connectivity index (χ1v) is 6.97. The van der Waals surface area contributed by atoms with Gasteiger partial charge in [-0.1, -0.05) is 27.2 Å². The maximum Gasteiger partial charge on any atom is 0.0804 e. The van der Waals surface area contributed by atoms with Crippen LogP contribution in [0.2, 0.25) is 0 Å². The minimum absolute atomic E-state index is 0.450. The number of aliphatic hydroxyl groups is 1. The van der Waals surface area contributed by atoms with E-state index in [1.165, 1.54) is 25.7 Å². The molecule has 0 heterocycles. The van der Waals surface area contributed by atoms with Gasteiger partial charge in [0.1, 0.15) is 0 Å². The maximum absolute atomic E-state index is 10.9. The van der Waals surface area contributed by atoms with Gasteiger partial charge in [0.05, 0.1) is 5.60 Å². The minimum atomic E-state index is -0.450. The lowest BCUT2D eigenvalue weighted by atomic mass is 9.67. The Hall–Kier alpha value is -0.0800. The molecule has 0 bridgehead atoms. The number of hydrogen-bond acceptors (Lipinski definition) is 2. The van der Waals surface area contributed by atoms with Gasteiger partial charge in [-0.05, 0) is 43.4 Å². The van der Waals surface area contributed by atoms with Crippen LogP contribution in [-0.2, 0) is 0 Å². The summed E-state index contributed by atoms with van der Waals surface area (Å²) in [5.74, 6) is 1.76. The highest BCUT2D eigenvalue weighted by molar-refractivity contribution is 4.96. The van der Waals surface area contributed by atoms with Crippen molar-refractivity contribution in [3.63, 3.8) is 0 Å². The molecule has 0 radical (unpaired) electrons. The van der Waals surface area contributed by atoms with Gasteiger partial charge < -0.3 is 10.4 Å². The van der Waals surface area contributed by atoms with Gasteiger partial charge in [-0.25, -0.2) is 0 Å². The molecule has 3 atom stereocenters. The molecule has 0 amide bonds. The summed E-state index contributed by atoms with van der Waals surface area (Å²) < 4.78 is 0. The van der Waals surface area contributed by atoms with Crippen LogP contribution in [0.25, 0.3) is 0 Å². The molecular formula is C14H27NO. The normalized spacial score (nSPS) is 40.3. The highest BCUT2D eigenvalue weighted by atomic mass is 16.3. The lowest BCUT2D eigenvalue weighted by molar-refractivity contribution is -0.0782. The predicted octanol–water partition coefficient (Wildman–Crippen LogP) is 2.56. The molecule has 0 aromatic carbocycles. The zero-order valence-electron chi connectivity index (χ0n) is 11.0. The summed E-state index contributed by atoms with van der Waals surface area (Å²) in [6, 6.07) is 0.703. The fraction of sp³-hybridized carbons (Fsp3) is 1.00. The van der Waals surface area contributed by atoms with Crippen molar-refractivity contribution >= 4 is 0 Å². The third-order valence-corrected chi connectivity index (χ3v) is 4.44. The summed E-state index contributed by atoms with van der Waals surface area (Å²) in [5.41, 5.74) is -0.450. The second-order valence-corrected chi connectivity index (χ2v) is 6.50. The Kier molecular flexibility index (Phi) is 3.60. The fourth-order valence-corrected chi connectivity index (χ4v) is 3.36. The van der Waals surface area contributed by atoms with Crippen molar-refractivity contribution in [2.45, 2.75) is 64.5 Å². The van der Waals surface area contributed by atoms with E-state index in [1.807, 2.05) is 0 Å². The van der Waals surface area contributed by atoms with E-state index in [-0.39, 0.29) is 0 Å². The first-order chi connectivity index (χ1) is 7.51. The van der Waals surface area contributed by atoms with Gasteiger partial charge in [0.2, 0.25) is 0 Å². The fourth-order valence-electron chi connectivity index (χ4n) is 3.36. The van der Waals surface area contributed by atoms with Gasteiger partial charge in [0.25, 0.3) is 0 Å². The van der Waals surface area contributed by atoms with Gasteiger partial charge in [-0.3, -0.25) is 0 Å². The molecule has 2 saturated carbocycles. The van der Waals surface area contributed by atoms with Crippen molar-refractivity contribution in [2.24, 2.45) is 17.8 Å². The van der Waals surface area contributed by atoms with Crippen molar-refractivity contribution in [2.75, 3.05) is 6.54 Å². The summed E-state index contributed by atoms with van der Waals surface area (Å²) in [4.78, 5) is 0. The Morgan fingerprint density at radius 1 is 1.25 bits per heavy atom. The van der Waals surface area contributed by atoms with Crippen LogP contribution < -0.4 is 5.32 Å². The molecule has 94 valence electrons. The Balaban J connectivity index is 1.97. The molecule has 0 aliphatic heterocycles. The molecule has 0 aromatic rings. The molecule has 0 spiro atoms. The largest absolute Gasteiger partial charge is 0.388 e. The molecule has 0 saturated heterocycles. The van der Waals surface area contributed by atoms with E-state index in [1.54, 1.807) is 0 Å². The van der Waals surface area contributed by atoms with Gasteiger partial charge in [-0.15, -0.1) is 0 Å². The first kappa shape index (κ1) is 12.4. The molecule has 3 unspecified atom stereocenters. The molecule has 2 aliphatic carbocycles. The van der Waals surface area contributed by atoms with E-state index in [9.17, 15) is 5.11 Å². The van der Waals surface area contributed by atoms with E-state index in [0.717, 1.165) is 13.0 Å². The zero-order valence-corrected chi connectivity index (χ0v) is 11.0. The van der Waals surface area contributed by atoms with Crippen LogP contribution in [0.5, 0.6) is 0 Å². The zero-order chi connectivity index (χ0) is 11.8. The van der Waals surface area contributed by atoms with Gasteiger partial charge in [0.15, 0.2) is 0 Å². The molecule has 16 heavy (non-hydrogen) atoms. The SMILES string of the molecule is CC1CCC(C(C)C)C(O)(CNC2CC2)C1. The summed E-state index contributed by atoms with van der Waals surface area (Å²) in [5, 5.41) is 14.4. The molecule has 2 aliphatic rings. The van der Waals surface area contributed by atoms with E-state index >= 15 is 0 Å². The topological polar surface area (TPSA) is 32.3 Å². The predicted molar refractivity (Wildman–Crippen MR) is 67.3 cm³/mol. The lowest BCUT2D eigenvalue weighted by Gasteiger charge is -2.45. The van der Waals surface area contributed by atoms with Crippen molar-refractivity contribution in [1.29, 1.82) is 0 Å². The van der Waals surface area contributed by atoms with E-state index in [2.05, 4.69) is 26.1 Å². The van der Waals surface area contributed by atoms with Crippen molar-refractivity contribution < 1.29 is 5.11 Å². The summed E-state index contributed by atoms with van der Waals surface area (Å²) in [6.45, 7) is 7.59. The Labute approximate surface area is 99.8 Å². The monoisotopic (exact) mass is 225 g/mol. The second kappa shape index (κ2) is 4.66. The van der Waals surface area contributed by atoms with Crippen LogP contribution in [-0.4, -0.2) is 23.3 Å². The number of rotatable bonds is 4. The third-order valence-electron chi connectivity index (χ3n) is 4.44. The van der Waals surface area contributed by atoms with Crippen LogP contribution in [0.1, 0.15) is 52.9 Å². The molecule has 2 rings (SSSR count). The van der Waals surface area contributed by atoms with Crippen LogP contribution in [0.3, 0.4) is 0 Å². The Morgan fingerprint density at radius 2 is 1.94 bits per heavy atom. The Bertz CT molecular complexity index is 237. The van der Waals surface area contributed by atoms with Crippen LogP contribution in [0, 0.1) is 17.8 Å². The highest BCUT2D eigenvalue weighted by Crippen LogP contribution is 2.41. The van der Waals surface area contributed by atoms with Crippen LogP contribution in [0.4, 0.5) is 0 Å². The molecule has 2 fully saturated rings. The van der Waals surface area contributed by atoms with Crippen LogP contribution in [0.15, 0.2) is 0 Å². The van der Waals surface area contributed by atoms with Gasteiger partial charge in [-0.2, -0.15) is 0 Å². The standard InChI is InChI=1S/C14H27NO/c1-10(2)13-7-4-11(3)8-14(13,16)9-15-12-5-6-12/h10-13,15-16H,4-9H2,1-3H3. The molecule has 0 aromatic heterocycles. The highest BCUT2D eigenvalue weighted by Gasteiger charge is 2.43.